The zero-order valence-corrected chi connectivity index (χ0v) is 16.9. The second-order valence-electron chi connectivity index (χ2n) is 6.57. The van der Waals surface area contributed by atoms with Gasteiger partial charge in [0.25, 0.3) is 10.0 Å². The van der Waals surface area contributed by atoms with Gasteiger partial charge in [0, 0.05) is 11.3 Å². The van der Waals surface area contributed by atoms with Crippen LogP contribution in [0.3, 0.4) is 0 Å². The second kappa shape index (κ2) is 7.17. The summed E-state index contributed by atoms with van der Waals surface area (Å²) < 4.78 is 35.1. The number of ether oxygens (including phenoxy) is 1. The third kappa shape index (κ3) is 3.64. The Kier molecular flexibility index (Phi) is 4.67. The number of hydrogen-bond acceptors (Lipinski definition) is 6. The van der Waals surface area contributed by atoms with Crippen molar-refractivity contribution in [2.75, 3.05) is 11.8 Å². The quantitative estimate of drug-likeness (QED) is 0.543. The molecule has 4 rings (SSSR count). The average molecular weight is 409 g/mol. The molecular weight excluding hydrogens is 390 g/mol. The summed E-state index contributed by atoms with van der Waals surface area (Å²) in [5.74, 6) is 0.986. The molecular formula is C20H19N5O3S. The fourth-order valence-corrected chi connectivity index (χ4v) is 4.28. The lowest BCUT2D eigenvalue weighted by atomic mass is 10.1. The molecule has 0 unspecified atom stereocenters. The molecule has 1 N–H and O–H groups in total. The molecule has 0 saturated carbocycles. The lowest BCUT2D eigenvalue weighted by Crippen LogP contribution is -2.14. The molecule has 0 radical (unpaired) electrons. The van der Waals surface area contributed by atoms with Crippen LogP contribution in [-0.2, 0) is 10.0 Å². The topological polar surface area (TPSA) is 98.5 Å². The highest BCUT2D eigenvalue weighted by molar-refractivity contribution is 7.92. The summed E-state index contributed by atoms with van der Waals surface area (Å²) in [6, 6.07) is 15.7. The highest BCUT2D eigenvalue weighted by atomic mass is 32.2. The van der Waals surface area contributed by atoms with Crippen LogP contribution in [0.5, 0.6) is 5.75 Å². The fraction of sp³-hybridized carbons (Fsp3) is 0.150. The minimum atomic E-state index is -3.79. The molecule has 0 fully saturated rings. The van der Waals surface area contributed by atoms with E-state index >= 15 is 0 Å². The molecule has 2 heterocycles. The van der Waals surface area contributed by atoms with E-state index in [1.54, 1.807) is 47.0 Å². The van der Waals surface area contributed by atoms with Gasteiger partial charge in [-0.15, -0.1) is 10.2 Å². The zero-order chi connectivity index (χ0) is 20.6. The monoisotopic (exact) mass is 409 g/mol. The van der Waals surface area contributed by atoms with E-state index in [9.17, 15) is 8.42 Å². The Bertz CT molecular complexity index is 1300. The van der Waals surface area contributed by atoms with Crippen LogP contribution < -0.4 is 9.46 Å². The standard InChI is InChI=1S/C20H19N5O3S/c1-13-4-10-18(28-3)19(12-13)29(26,27)24-16-7-5-15(6-8-16)17-9-11-20-22-21-14(2)25(20)23-17/h4-12,24H,1-3H3. The van der Waals surface area contributed by atoms with Gasteiger partial charge in [-0.25, -0.2) is 8.42 Å². The van der Waals surface area contributed by atoms with Crippen LogP contribution >= 0.6 is 0 Å². The van der Waals surface area contributed by atoms with E-state index in [0.717, 1.165) is 16.8 Å². The van der Waals surface area contributed by atoms with Gasteiger partial charge in [-0.2, -0.15) is 9.61 Å². The Hall–Kier alpha value is -3.46. The van der Waals surface area contributed by atoms with Crippen molar-refractivity contribution in [2.24, 2.45) is 0 Å². The van der Waals surface area contributed by atoms with Crippen LogP contribution in [0.4, 0.5) is 5.69 Å². The molecule has 2 aromatic carbocycles. The number of aromatic nitrogens is 4. The highest BCUT2D eigenvalue weighted by Gasteiger charge is 2.20. The van der Waals surface area contributed by atoms with Crippen molar-refractivity contribution < 1.29 is 13.2 Å². The molecule has 29 heavy (non-hydrogen) atoms. The van der Waals surface area contributed by atoms with Crippen molar-refractivity contribution in [3.05, 3.63) is 66.0 Å². The van der Waals surface area contributed by atoms with Gasteiger partial charge >= 0.3 is 0 Å². The first-order valence-corrected chi connectivity index (χ1v) is 10.3. The van der Waals surface area contributed by atoms with Crippen LogP contribution in [-0.4, -0.2) is 35.3 Å². The van der Waals surface area contributed by atoms with Crippen molar-refractivity contribution in [1.82, 2.24) is 19.8 Å². The Morgan fingerprint density at radius 1 is 0.966 bits per heavy atom. The summed E-state index contributed by atoms with van der Waals surface area (Å²) in [7, 11) is -2.35. The van der Waals surface area contributed by atoms with Crippen molar-refractivity contribution >= 4 is 21.4 Å². The van der Waals surface area contributed by atoms with Crippen LogP contribution in [0, 0.1) is 13.8 Å². The molecule has 9 heteroatoms. The van der Waals surface area contributed by atoms with Crippen molar-refractivity contribution in [3.8, 4) is 17.0 Å². The van der Waals surface area contributed by atoms with Crippen molar-refractivity contribution in [1.29, 1.82) is 0 Å². The molecule has 8 nitrogen and oxygen atoms in total. The number of benzene rings is 2. The summed E-state index contributed by atoms with van der Waals surface area (Å²) in [6.45, 7) is 3.66. The van der Waals surface area contributed by atoms with Gasteiger partial charge in [-0.3, -0.25) is 4.72 Å². The SMILES string of the molecule is COc1ccc(C)cc1S(=O)(=O)Nc1ccc(-c2ccc3nnc(C)n3n2)cc1. The number of anilines is 1. The summed E-state index contributed by atoms with van der Waals surface area (Å²) in [5, 5.41) is 12.5. The maximum Gasteiger partial charge on any atom is 0.265 e. The maximum atomic E-state index is 12.8. The molecule has 0 spiro atoms. The Morgan fingerprint density at radius 3 is 2.45 bits per heavy atom. The Labute approximate surface area is 168 Å². The molecule has 0 aliphatic heterocycles. The first kappa shape index (κ1) is 18.9. The first-order chi connectivity index (χ1) is 13.9. The van der Waals surface area contributed by atoms with Crippen LogP contribution in [0.2, 0.25) is 0 Å². The van der Waals surface area contributed by atoms with Crippen LogP contribution in [0.1, 0.15) is 11.4 Å². The predicted molar refractivity (Wildman–Crippen MR) is 109 cm³/mol. The lowest BCUT2D eigenvalue weighted by molar-refractivity contribution is 0.402. The summed E-state index contributed by atoms with van der Waals surface area (Å²) in [6.07, 6.45) is 0. The molecule has 2 aromatic heterocycles. The largest absolute Gasteiger partial charge is 0.495 e. The first-order valence-electron chi connectivity index (χ1n) is 8.84. The minimum absolute atomic E-state index is 0.0966. The Balaban J connectivity index is 1.62. The van der Waals surface area contributed by atoms with Gasteiger partial charge in [-0.05, 0) is 55.8 Å². The van der Waals surface area contributed by atoms with E-state index in [4.69, 9.17) is 4.74 Å². The van der Waals surface area contributed by atoms with Gasteiger partial charge < -0.3 is 4.74 Å². The smallest absolute Gasteiger partial charge is 0.265 e. The summed E-state index contributed by atoms with van der Waals surface area (Å²) in [4.78, 5) is 0.0966. The fourth-order valence-electron chi connectivity index (χ4n) is 2.96. The number of rotatable bonds is 5. The van der Waals surface area contributed by atoms with E-state index < -0.39 is 10.0 Å². The number of hydrogen-bond donors (Lipinski definition) is 1. The molecule has 0 amide bonds. The van der Waals surface area contributed by atoms with Gasteiger partial charge in [-0.1, -0.05) is 18.2 Å². The molecule has 0 aliphatic carbocycles. The number of aryl methyl sites for hydroxylation is 2. The van der Waals surface area contributed by atoms with E-state index in [0.29, 0.717) is 22.9 Å². The number of methoxy groups -OCH3 is 1. The maximum absolute atomic E-state index is 12.8. The molecule has 0 atom stereocenters. The summed E-state index contributed by atoms with van der Waals surface area (Å²) in [5.41, 5.74) is 3.51. The normalized spacial score (nSPS) is 11.6. The highest BCUT2D eigenvalue weighted by Crippen LogP contribution is 2.27. The lowest BCUT2D eigenvalue weighted by Gasteiger charge is -2.12. The third-order valence-corrected chi connectivity index (χ3v) is 5.86. The second-order valence-corrected chi connectivity index (χ2v) is 8.22. The zero-order valence-electron chi connectivity index (χ0n) is 16.1. The average Bonchev–Trinajstić information content (AvgIpc) is 3.08. The van der Waals surface area contributed by atoms with E-state index in [1.165, 1.54) is 7.11 Å². The number of nitrogens with zero attached hydrogens (tertiary/aromatic N) is 4. The van der Waals surface area contributed by atoms with E-state index in [1.807, 2.05) is 26.0 Å². The predicted octanol–water partition coefficient (Wildman–Crippen LogP) is 3.22. The van der Waals surface area contributed by atoms with Crippen molar-refractivity contribution in [3.63, 3.8) is 0 Å². The third-order valence-electron chi connectivity index (χ3n) is 4.46. The number of nitrogens with one attached hydrogen (secondary N) is 1. The van der Waals surface area contributed by atoms with Crippen molar-refractivity contribution in [2.45, 2.75) is 18.7 Å². The molecule has 0 bridgehead atoms. The van der Waals surface area contributed by atoms with Gasteiger partial charge in [0.2, 0.25) is 0 Å². The van der Waals surface area contributed by atoms with Gasteiger partial charge in [0.15, 0.2) is 11.5 Å². The van der Waals surface area contributed by atoms with E-state index in [-0.39, 0.29) is 4.90 Å². The molecule has 0 aliphatic rings. The molecule has 0 saturated heterocycles. The van der Waals surface area contributed by atoms with Gasteiger partial charge in [0.1, 0.15) is 10.6 Å². The van der Waals surface area contributed by atoms with Crippen LogP contribution in [0.25, 0.3) is 16.9 Å². The number of fused-ring (bicyclic) bond motifs is 1. The minimum Gasteiger partial charge on any atom is -0.495 e. The van der Waals surface area contributed by atoms with Gasteiger partial charge in [0.05, 0.1) is 12.8 Å². The summed E-state index contributed by atoms with van der Waals surface area (Å²) >= 11 is 0. The Morgan fingerprint density at radius 2 is 1.72 bits per heavy atom. The molecule has 148 valence electrons. The number of sulfonamides is 1. The van der Waals surface area contributed by atoms with Crippen LogP contribution in [0.15, 0.2) is 59.5 Å². The molecule has 4 aromatic rings. The van der Waals surface area contributed by atoms with E-state index in [2.05, 4.69) is 20.0 Å².